The normalized spacial score (nSPS) is 24.3. The number of hydroxylamine groups is 2. The molecule has 6 aliphatic rings. The van der Waals surface area contributed by atoms with E-state index in [9.17, 15) is 52.7 Å². The number of fused-ring (bicyclic) bond motifs is 1. The summed E-state index contributed by atoms with van der Waals surface area (Å²) < 4.78 is 77.0. The number of H-pyrrole nitrogens is 2. The molecule has 14 atom stereocenters. The number of imide groups is 1. The first kappa shape index (κ1) is 81.1. The van der Waals surface area contributed by atoms with E-state index in [1.165, 1.54) is 37.3 Å². The van der Waals surface area contributed by atoms with Gasteiger partial charge in [0.25, 0.3) is 23.3 Å². The Morgan fingerprint density at radius 1 is 0.705 bits per heavy atom. The molecule has 0 aliphatic carbocycles. The van der Waals surface area contributed by atoms with Crippen LogP contribution in [-0.4, -0.2) is 217 Å². The van der Waals surface area contributed by atoms with Crippen LogP contribution in [0.5, 0.6) is 11.5 Å². The minimum atomic E-state index is -1.31. The van der Waals surface area contributed by atoms with Gasteiger partial charge in [-0.25, -0.2) is 19.2 Å². The maximum absolute atomic E-state index is 13.7. The van der Waals surface area contributed by atoms with E-state index in [0.717, 1.165) is 31.1 Å². The third-order valence-corrected chi connectivity index (χ3v) is 20.0. The molecule has 37 heteroatoms. The second kappa shape index (κ2) is 36.8. The molecule has 4 aromatic carbocycles. The number of aromatic nitrogens is 4. The number of carbonyl (C=O) groups excluding carboxylic acids is 7. The lowest BCUT2D eigenvalue weighted by atomic mass is 9.80. The lowest BCUT2D eigenvalue weighted by Crippen LogP contribution is -2.55. The molecule has 2 aromatic heterocycles. The number of aromatic amines is 2. The van der Waals surface area contributed by atoms with Crippen molar-refractivity contribution in [1.82, 2.24) is 50.5 Å². The summed E-state index contributed by atoms with van der Waals surface area (Å²) in [5, 5.41) is 10.8. The Kier molecular flexibility index (Phi) is 26.7. The van der Waals surface area contributed by atoms with E-state index in [1.54, 1.807) is 51.5 Å². The predicted octanol–water partition coefficient (Wildman–Crippen LogP) is 1.09. The Hall–Kier alpha value is -10.4. The molecular weight excluding hydrogens is 1490 g/mol. The Morgan fingerprint density at radius 2 is 1.37 bits per heavy atom. The number of hydrogen-bond acceptors (Lipinski definition) is 27. The van der Waals surface area contributed by atoms with E-state index in [0.29, 0.717) is 35.5 Å². The van der Waals surface area contributed by atoms with Crippen LogP contribution >= 0.6 is 12.6 Å². The first-order valence-electron chi connectivity index (χ1n) is 36.1. The monoisotopic (exact) mass is 1570 g/mol. The van der Waals surface area contributed by atoms with Gasteiger partial charge in [-0.1, -0.05) is 72.8 Å². The number of nitrogens with one attached hydrogen (secondary N) is 6. The van der Waals surface area contributed by atoms with E-state index in [1.807, 2.05) is 78.9 Å². The summed E-state index contributed by atoms with van der Waals surface area (Å²) in [4.78, 5) is 162. The third-order valence-electron chi connectivity index (χ3n) is 19.6. The van der Waals surface area contributed by atoms with Gasteiger partial charge in [0.15, 0.2) is 12.5 Å². The molecule has 0 spiro atoms. The fraction of sp³-hybridized carbons (Fsp3) is 0.453. The van der Waals surface area contributed by atoms with Gasteiger partial charge < -0.3 is 88.3 Å². The summed E-state index contributed by atoms with van der Waals surface area (Å²) in [5.74, 6) is -2.94. The van der Waals surface area contributed by atoms with Crippen LogP contribution in [0.15, 0.2) is 153 Å². The van der Waals surface area contributed by atoms with Gasteiger partial charge in [-0.2, -0.15) is 17.7 Å². The first-order chi connectivity index (χ1) is 54.0. The molecule has 12 rings (SSSR count). The number of urea groups is 1. The van der Waals surface area contributed by atoms with Gasteiger partial charge in [0.2, 0.25) is 23.6 Å². The highest BCUT2D eigenvalue weighted by molar-refractivity contribution is 7.80. The molecular formula is C75H87N11O25S. The van der Waals surface area contributed by atoms with Crippen molar-refractivity contribution >= 4 is 54.2 Å². The molecule has 36 nitrogen and oxygen atoms in total. The largest absolute Gasteiger partial charge is 0.497 e. The summed E-state index contributed by atoms with van der Waals surface area (Å²) in [6.45, 7) is 2.69. The Bertz CT molecular complexity index is 4580. The van der Waals surface area contributed by atoms with Crippen LogP contribution in [0.3, 0.4) is 0 Å². The van der Waals surface area contributed by atoms with E-state index in [-0.39, 0.29) is 49.5 Å². The van der Waals surface area contributed by atoms with Crippen LogP contribution in [-0.2, 0) is 81.8 Å². The van der Waals surface area contributed by atoms with Gasteiger partial charge in [0.1, 0.15) is 85.6 Å². The number of methoxy groups -OCH3 is 2. The van der Waals surface area contributed by atoms with Gasteiger partial charge >= 0.3 is 23.4 Å². The highest BCUT2D eigenvalue weighted by atomic mass is 32.1. The lowest BCUT2D eigenvalue weighted by molar-refractivity contribution is -0.239. The van der Waals surface area contributed by atoms with Crippen molar-refractivity contribution in [3.8, 4) is 11.5 Å². The summed E-state index contributed by atoms with van der Waals surface area (Å²) in [6, 6.07) is 30.3. The van der Waals surface area contributed by atoms with E-state index in [2.05, 4.69) is 43.9 Å². The van der Waals surface area contributed by atoms with E-state index >= 15 is 0 Å². The smallest absolute Gasteiger partial charge is 0.361 e. The highest BCUT2D eigenvalue weighted by Crippen LogP contribution is 2.44. The predicted molar refractivity (Wildman–Crippen MR) is 392 cm³/mol. The Balaban J connectivity index is 0.709. The molecule has 6 aliphatic heterocycles. The Morgan fingerprint density at radius 3 is 2.05 bits per heavy atom. The zero-order valence-electron chi connectivity index (χ0n) is 61.6. The van der Waals surface area contributed by atoms with E-state index < -0.39 is 195 Å². The lowest BCUT2D eigenvalue weighted by Gasteiger charge is -2.36. The van der Waals surface area contributed by atoms with Crippen LogP contribution in [0.25, 0.3) is 0 Å². The van der Waals surface area contributed by atoms with Crippen LogP contribution < -0.4 is 63.8 Å². The average Bonchev–Trinajstić information content (AvgIpc) is 1.40. The number of ether oxygens (including phenoxy) is 12. The maximum atomic E-state index is 13.7. The number of aryl methyl sites for hydroxylation is 2. The van der Waals surface area contributed by atoms with Gasteiger partial charge in [0.05, 0.1) is 65.3 Å². The molecule has 1 unspecified atom stereocenters. The maximum Gasteiger partial charge on any atom is 0.361 e. The molecule has 0 bridgehead atoms. The summed E-state index contributed by atoms with van der Waals surface area (Å²) in [5.41, 5.74) is 4.98. The van der Waals surface area contributed by atoms with Gasteiger partial charge in [-0.05, 0) is 92.3 Å². The zero-order valence-corrected chi connectivity index (χ0v) is 62.5. The van der Waals surface area contributed by atoms with Crippen molar-refractivity contribution in [2.75, 3.05) is 66.5 Å². The molecule has 8 heterocycles. The topological polar surface area (TPSA) is 439 Å². The summed E-state index contributed by atoms with van der Waals surface area (Å²) >= 11 is 4.07. The number of benzene rings is 4. The van der Waals surface area contributed by atoms with Gasteiger partial charge in [-0.15, -0.1) is 4.73 Å². The molecule has 598 valence electrons. The standard InChI is InChI=1S/C75H87N11O25S/c1-41-33-85(73(96)80-64(41)79-67(92)44-13-8-6-9-14-44)110-60-30-53(107-59(89)27-26-57(87)78-58(88)31-77-68(93)52-17-12-28-83(52)69(94)51(76)38-112)55(108-60)36-100-39-104-63-62-61(109-70(63)84-32-42(2)65(90)81-72(84)95)56(37-101-62)103-40-102-54-29-50(106-71(54)111-86-34-43(3)66(91)82-74(86)97)35-105-75(45-15-10-7-11-16-45,46-18-22-48(98-4)23-19-46)47-20-24-49(99-5)25-21-47/h6-11,13-16,18-25,32-34,50-56,60-64,70-71,112H,12,17,26-31,35-40,76H2,1-5H3,(H,77,93)(H,79,92)(H,80,96)(H,78,87,88)(H,81,90,95)(H,82,91,97)/t50-,51-,52-,53-,54+,55+,56+,60-,61+,62-,63+,64?,70+,71-/m0/s1. The zero-order chi connectivity index (χ0) is 79.3. The van der Waals surface area contributed by atoms with Crippen molar-refractivity contribution < 1.29 is 100 Å². The molecule has 0 saturated carbocycles. The van der Waals surface area contributed by atoms with Crippen LogP contribution in [0.2, 0.25) is 0 Å². The van der Waals surface area contributed by atoms with E-state index in [4.69, 9.17) is 72.3 Å². The number of carbonyl (C=O) groups is 7. The second-order valence-corrected chi connectivity index (χ2v) is 27.5. The molecule has 8 N–H and O–H groups in total. The van der Waals surface area contributed by atoms with Crippen molar-refractivity contribution in [3.63, 3.8) is 0 Å². The molecule has 5 saturated heterocycles. The first-order valence-corrected chi connectivity index (χ1v) is 36.7. The quantitative estimate of drug-likeness (QED) is 0.00939. The van der Waals surface area contributed by atoms with Crippen LogP contribution in [0, 0.1) is 13.8 Å². The van der Waals surface area contributed by atoms with Gasteiger partial charge in [0, 0.05) is 60.6 Å². The number of esters is 1. The molecule has 6 aromatic rings. The highest BCUT2D eigenvalue weighted by Gasteiger charge is 2.56. The molecule has 7 amide bonds. The SMILES string of the molecule is COc1ccc(C(OC[C@@H]2C[C@@H](OCO[C@@H]3CO[C@@H]4[C@@H](OCOC[C@H]5O[C@@H](ON6C=C(C)C(NC(=O)c7ccccc7)NC6=O)C[C@@H]5OC(=O)CCC(=O)NC(=O)CNC(=O)[C@@H]5CCCN5C(=O)[C@@H](N)CS)[C@H](n5cc(C)c(=O)[nH]c5=O)O[C@@H]43)[C@H](On3cc(C)c(=O)[nH]c3=O)O2)(c2ccccc2)c2ccc(OC)cc2)cc1. The third kappa shape index (κ3) is 19.0. The number of hydrogen-bond donors (Lipinski definition) is 8. The number of rotatable bonds is 33. The van der Waals surface area contributed by atoms with Crippen molar-refractivity contribution in [3.05, 3.63) is 208 Å². The number of nitrogens with two attached hydrogens (primary N) is 1. The molecule has 5 fully saturated rings. The summed E-state index contributed by atoms with van der Waals surface area (Å²) in [7, 11) is 3.15. The second-order valence-electron chi connectivity index (χ2n) is 27.2. The number of amides is 7. The number of thiol groups is 1. The van der Waals surface area contributed by atoms with Crippen LogP contribution in [0.1, 0.15) is 89.9 Å². The fourth-order valence-electron chi connectivity index (χ4n) is 13.7. The average molecular weight is 1570 g/mol. The number of likely N-dealkylation sites (tertiary alicyclic amines) is 1. The minimum Gasteiger partial charge on any atom is -0.497 e. The van der Waals surface area contributed by atoms with Crippen molar-refractivity contribution in [2.24, 2.45) is 5.73 Å². The minimum absolute atomic E-state index is 0.0613. The molecule has 112 heavy (non-hydrogen) atoms. The van der Waals surface area contributed by atoms with Gasteiger partial charge in [-0.3, -0.25) is 58.2 Å². The molecule has 0 radical (unpaired) electrons. The van der Waals surface area contributed by atoms with Crippen LogP contribution in [0.4, 0.5) is 4.79 Å². The fourth-order valence-corrected chi connectivity index (χ4v) is 13.9. The summed E-state index contributed by atoms with van der Waals surface area (Å²) in [6.07, 6.45) is -9.48. The Labute approximate surface area is 644 Å². The van der Waals surface area contributed by atoms with Crippen molar-refractivity contribution in [1.29, 1.82) is 0 Å². The number of nitrogens with zero attached hydrogens (tertiary/aromatic N) is 4. The van der Waals surface area contributed by atoms with Crippen molar-refractivity contribution in [2.45, 2.75) is 151 Å².